The second kappa shape index (κ2) is 7.06. The van der Waals surface area contributed by atoms with Crippen molar-refractivity contribution in [1.82, 2.24) is 5.32 Å². The highest BCUT2D eigenvalue weighted by Gasteiger charge is 2.37. The molecule has 7 heteroatoms. The lowest BCUT2D eigenvalue weighted by Gasteiger charge is -2.33. The van der Waals surface area contributed by atoms with Crippen molar-refractivity contribution in [2.24, 2.45) is 4.99 Å². The van der Waals surface area contributed by atoms with Gasteiger partial charge in [0.25, 0.3) is 0 Å². The quantitative estimate of drug-likeness (QED) is 0.547. The van der Waals surface area contributed by atoms with Crippen LogP contribution >= 0.6 is 0 Å². The Kier molecular flexibility index (Phi) is 5.72. The predicted molar refractivity (Wildman–Crippen MR) is 73.2 cm³/mol. The minimum atomic E-state index is -1.37. The highest BCUT2D eigenvalue weighted by atomic mass is 16.5. The lowest BCUT2D eigenvalue weighted by Crippen LogP contribution is -2.42. The number of allylic oxidation sites excluding steroid dienone is 2. The summed E-state index contributed by atoms with van der Waals surface area (Å²) >= 11 is 0. The van der Waals surface area contributed by atoms with Gasteiger partial charge >= 0.3 is 5.97 Å². The summed E-state index contributed by atoms with van der Waals surface area (Å²) in [5.41, 5.74) is -0.495. The summed E-state index contributed by atoms with van der Waals surface area (Å²) in [6, 6.07) is 0. The molecule has 1 rings (SSSR count). The molecule has 0 aliphatic heterocycles. The average Bonchev–Trinajstić information content (AvgIpc) is 2.42. The van der Waals surface area contributed by atoms with Gasteiger partial charge in [-0.25, -0.2) is 0 Å². The molecule has 4 N–H and O–H groups in total. The third kappa shape index (κ3) is 4.07. The number of ether oxygens (including phenoxy) is 1. The number of nitrogens with zero attached hydrogens (tertiary/aromatic N) is 1. The molecule has 7 nitrogen and oxygen atoms in total. The van der Waals surface area contributed by atoms with E-state index in [2.05, 4.69) is 10.3 Å². The summed E-state index contributed by atoms with van der Waals surface area (Å²) in [6.45, 7) is 0.957. The molecule has 0 saturated heterocycles. The Morgan fingerprint density at radius 2 is 2.25 bits per heavy atom. The van der Waals surface area contributed by atoms with Crippen LogP contribution in [0.4, 0.5) is 0 Å². The standard InChI is InChI=1S/C13H20N2O5/c1-3-4-14-9-5-13(19,8-16)6-10(12(9)20-2)15-7-11(17)18/h3-4,14,16,19H,5-8H2,1-2H3,(H,17,18)/b4-3-,15-10?/t13-/m1/s1. The van der Waals surface area contributed by atoms with Crippen LogP contribution in [0.2, 0.25) is 0 Å². The van der Waals surface area contributed by atoms with Crippen molar-refractivity contribution >= 4 is 11.7 Å². The van der Waals surface area contributed by atoms with E-state index in [4.69, 9.17) is 9.84 Å². The molecule has 0 unspecified atom stereocenters. The van der Waals surface area contributed by atoms with Crippen LogP contribution in [0.15, 0.2) is 28.7 Å². The van der Waals surface area contributed by atoms with Crippen molar-refractivity contribution in [3.8, 4) is 0 Å². The number of aliphatic hydroxyl groups excluding tert-OH is 1. The lowest BCUT2D eigenvalue weighted by molar-refractivity contribution is -0.135. The van der Waals surface area contributed by atoms with Gasteiger partial charge in [0.1, 0.15) is 6.54 Å². The van der Waals surface area contributed by atoms with Gasteiger partial charge < -0.3 is 25.4 Å². The van der Waals surface area contributed by atoms with E-state index in [-0.39, 0.29) is 12.8 Å². The van der Waals surface area contributed by atoms with Gasteiger partial charge in [0, 0.05) is 12.8 Å². The molecule has 0 amide bonds. The first kappa shape index (κ1) is 16.2. The largest absolute Gasteiger partial charge is 0.493 e. The molecule has 1 aliphatic rings. The van der Waals surface area contributed by atoms with Gasteiger partial charge in [-0.05, 0) is 13.1 Å². The summed E-state index contributed by atoms with van der Waals surface area (Å²) in [6.07, 6.45) is 3.64. The number of rotatable bonds is 6. The second-order valence-electron chi connectivity index (χ2n) is 4.55. The SMILES string of the molecule is C/C=C\NC1=C(OC)C(=NCC(=O)O)C[C@@](O)(CO)C1. The number of hydrogen-bond acceptors (Lipinski definition) is 6. The van der Waals surface area contributed by atoms with E-state index in [1.807, 2.05) is 6.92 Å². The van der Waals surface area contributed by atoms with Crippen molar-refractivity contribution in [3.05, 3.63) is 23.7 Å². The molecule has 0 aromatic rings. The highest BCUT2D eigenvalue weighted by Crippen LogP contribution is 2.30. The van der Waals surface area contributed by atoms with E-state index in [9.17, 15) is 15.0 Å². The van der Waals surface area contributed by atoms with Gasteiger partial charge in [0.15, 0.2) is 5.76 Å². The zero-order chi connectivity index (χ0) is 15.2. The number of carboxylic acid groups (broad SMARTS) is 1. The monoisotopic (exact) mass is 284 g/mol. The zero-order valence-corrected chi connectivity index (χ0v) is 11.6. The molecule has 0 bridgehead atoms. The molecule has 112 valence electrons. The molecule has 1 aliphatic carbocycles. The number of methoxy groups -OCH3 is 1. The van der Waals surface area contributed by atoms with Crippen molar-refractivity contribution in [3.63, 3.8) is 0 Å². The minimum Gasteiger partial charge on any atom is -0.493 e. The normalized spacial score (nSPS) is 25.3. The number of hydrogen-bond donors (Lipinski definition) is 4. The predicted octanol–water partition coefficient (Wildman–Crippen LogP) is 0.0104. The van der Waals surface area contributed by atoms with Gasteiger partial charge in [-0.1, -0.05) is 6.08 Å². The summed E-state index contributed by atoms with van der Waals surface area (Å²) in [5, 5.41) is 31.2. The van der Waals surface area contributed by atoms with Crippen LogP contribution in [0, 0.1) is 0 Å². The second-order valence-corrected chi connectivity index (χ2v) is 4.55. The molecular weight excluding hydrogens is 264 g/mol. The van der Waals surface area contributed by atoms with Crippen molar-refractivity contribution in [1.29, 1.82) is 0 Å². The number of carboxylic acids is 1. The van der Waals surface area contributed by atoms with Gasteiger partial charge in [0.05, 0.1) is 30.7 Å². The first-order valence-electron chi connectivity index (χ1n) is 6.19. The summed E-state index contributed by atoms with van der Waals surface area (Å²) < 4.78 is 5.25. The molecule has 20 heavy (non-hydrogen) atoms. The van der Waals surface area contributed by atoms with Gasteiger partial charge in [-0.3, -0.25) is 9.79 Å². The molecular formula is C13H20N2O5. The maximum Gasteiger partial charge on any atom is 0.325 e. The number of aliphatic imine (C=N–C) groups is 1. The summed E-state index contributed by atoms with van der Waals surface area (Å²) in [5.74, 6) is -0.670. The Morgan fingerprint density at radius 3 is 2.75 bits per heavy atom. The lowest BCUT2D eigenvalue weighted by atomic mass is 9.85. The Hall–Kier alpha value is -1.86. The fourth-order valence-electron chi connectivity index (χ4n) is 1.98. The summed E-state index contributed by atoms with van der Waals surface area (Å²) in [7, 11) is 1.45. The van der Waals surface area contributed by atoms with E-state index in [1.54, 1.807) is 12.3 Å². The number of aliphatic hydroxyl groups is 2. The molecule has 0 saturated carbocycles. The first-order chi connectivity index (χ1) is 9.45. The molecule has 1 atom stereocenters. The molecule has 0 spiro atoms. The number of carbonyl (C=O) groups is 1. The van der Waals surface area contributed by atoms with Crippen molar-refractivity contribution in [2.45, 2.75) is 25.4 Å². The zero-order valence-electron chi connectivity index (χ0n) is 11.6. The number of nitrogens with one attached hydrogen (secondary N) is 1. The van der Waals surface area contributed by atoms with Crippen molar-refractivity contribution in [2.75, 3.05) is 20.3 Å². The fraction of sp³-hybridized carbons (Fsp3) is 0.538. The fourth-order valence-corrected chi connectivity index (χ4v) is 1.98. The maximum atomic E-state index is 10.6. The Bertz CT molecular complexity index is 456. The van der Waals surface area contributed by atoms with Crippen LogP contribution in [0.25, 0.3) is 0 Å². The Labute approximate surface area is 117 Å². The van der Waals surface area contributed by atoms with E-state index < -0.39 is 24.7 Å². The van der Waals surface area contributed by atoms with E-state index in [0.29, 0.717) is 17.2 Å². The summed E-state index contributed by atoms with van der Waals surface area (Å²) in [4.78, 5) is 14.6. The number of aliphatic carboxylic acids is 1. The molecule has 0 radical (unpaired) electrons. The highest BCUT2D eigenvalue weighted by molar-refractivity contribution is 6.01. The Balaban J connectivity index is 3.16. The molecule has 0 aromatic heterocycles. The molecule has 0 aromatic carbocycles. The molecule has 0 fully saturated rings. The van der Waals surface area contributed by atoms with E-state index in [0.717, 1.165) is 0 Å². The average molecular weight is 284 g/mol. The minimum absolute atomic E-state index is 0.0426. The van der Waals surface area contributed by atoms with Crippen LogP contribution in [-0.2, 0) is 9.53 Å². The van der Waals surface area contributed by atoms with Gasteiger partial charge in [-0.15, -0.1) is 0 Å². The topological polar surface area (TPSA) is 111 Å². The van der Waals surface area contributed by atoms with Crippen LogP contribution in [0.3, 0.4) is 0 Å². The van der Waals surface area contributed by atoms with Gasteiger partial charge in [0.2, 0.25) is 0 Å². The first-order valence-corrected chi connectivity index (χ1v) is 6.19. The van der Waals surface area contributed by atoms with Crippen LogP contribution in [-0.4, -0.2) is 52.9 Å². The smallest absolute Gasteiger partial charge is 0.325 e. The van der Waals surface area contributed by atoms with Crippen LogP contribution in [0.5, 0.6) is 0 Å². The maximum absolute atomic E-state index is 10.6. The third-order valence-electron chi connectivity index (χ3n) is 2.87. The third-order valence-corrected chi connectivity index (χ3v) is 2.87. The Morgan fingerprint density at radius 1 is 1.55 bits per heavy atom. The van der Waals surface area contributed by atoms with Crippen LogP contribution < -0.4 is 5.32 Å². The van der Waals surface area contributed by atoms with E-state index >= 15 is 0 Å². The van der Waals surface area contributed by atoms with Crippen molar-refractivity contribution < 1.29 is 24.9 Å². The molecule has 0 heterocycles. The van der Waals surface area contributed by atoms with Crippen LogP contribution in [0.1, 0.15) is 19.8 Å². The van der Waals surface area contributed by atoms with E-state index in [1.165, 1.54) is 7.11 Å². The van der Waals surface area contributed by atoms with Gasteiger partial charge in [-0.2, -0.15) is 0 Å².